The number of aromatic nitrogens is 2. The van der Waals surface area contributed by atoms with E-state index in [0.29, 0.717) is 0 Å². The van der Waals surface area contributed by atoms with Gasteiger partial charge in [-0.25, -0.2) is 0 Å². The summed E-state index contributed by atoms with van der Waals surface area (Å²) in [6, 6.07) is 0. The summed E-state index contributed by atoms with van der Waals surface area (Å²) in [6.45, 7) is 0. The van der Waals surface area contributed by atoms with E-state index in [1.807, 2.05) is 4.98 Å². The summed E-state index contributed by atoms with van der Waals surface area (Å²) >= 11 is 4.48. The molecule has 0 aliphatic rings. The van der Waals surface area contributed by atoms with Gasteiger partial charge in [0.25, 0.3) is 5.56 Å². The Morgan fingerprint density at radius 1 is 1.45 bits per heavy atom. The molecular weight excluding hydrogens is 171 g/mol. The van der Waals surface area contributed by atoms with Gasteiger partial charge in [0.05, 0.1) is 0 Å². The molecule has 0 saturated carbocycles. The van der Waals surface area contributed by atoms with Gasteiger partial charge in [0.2, 0.25) is 5.82 Å². The highest BCUT2D eigenvalue weighted by Crippen LogP contribution is 1.91. The molecular formula is C5H3FN2O2S. The van der Waals surface area contributed by atoms with Gasteiger partial charge in [-0.1, -0.05) is 0 Å². The average Bonchev–Trinajstić information content (AvgIpc) is 1.96. The second-order valence-corrected chi connectivity index (χ2v) is 2.16. The highest BCUT2D eigenvalue weighted by Gasteiger charge is 2.04. The monoisotopic (exact) mass is 174 g/mol. The van der Waals surface area contributed by atoms with Gasteiger partial charge in [-0.15, -0.1) is 0 Å². The molecule has 0 saturated heterocycles. The molecule has 0 spiro atoms. The topological polar surface area (TPSA) is 65.7 Å². The lowest BCUT2D eigenvalue weighted by molar-refractivity contribution is 0.111. The summed E-state index contributed by atoms with van der Waals surface area (Å²) in [5.74, 6) is -1.14. The van der Waals surface area contributed by atoms with E-state index in [-0.39, 0.29) is 11.1 Å². The normalized spacial score (nSPS) is 9.55. The number of nitrogens with one attached hydrogen (secondary N) is 2. The van der Waals surface area contributed by atoms with Crippen molar-refractivity contribution in [3.63, 3.8) is 0 Å². The van der Waals surface area contributed by atoms with E-state index in [0.717, 1.165) is 0 Å². The fraction of sp³-hybridized carbons (Fsp3) is 0. The maximum absolute atomic E-state index is 12.5. The van der Waals surface area contributed by atoms with E-state index in [1.54, 1.807) is 0 Å². The van der Waals surface area contributed by atoms with Crippen molar-refractivity contribution in [2.24, 2.45) is 0 Å². The smallest absolute Gasteiger partial charge is 0.288 e. The molecule has 0 fully saturated rings. The van der Waals surface area contributed by atoms with Crippen LogP contribution in [0, 0.1) is 10.6 Å². The Bertz CT molecular complexity index is 394. The Morgan fingerprint density at radius 2 is 2.09 bits per heavy atom. The van der Waals surface area contributed by atoms with E-state index in [4.69, 9.17) is 0 Å². The molecule has 1 aromatic heterocycles. The number of rotatable bonds is 1. The van der Waals surface area contributed by atoms with Crippen LogP contribution in [-0.4, -0.2) is 16.3 Å². The summed E-state index contributed by atoms with van der Waals surface area (Å²) < 4.78 is 12.5. The van der Waals surface area contributed by atoms with Gasteiger partial charge in [0.15, 0.2) is 11.1 Å². The second kappa shape index (κ2) is 2.75. The Hall–Kier alpha value is -1.30. The summed E-state index contributed by atoms with van der Waals surface area (Å²) in [4.78, 5) is 24.8. The first-order valence-electron chi connectivity index (χ1n) is 2.62. The number of aldehydes is 1. The molecule has 6 heteroatoms. The summed E-state index contributed by atoms with van der Waals surface area (Å²) in [6.07, 6.45) is 0.195. The van der Waals surface area contributed by atoms with Gasteiger partial charge in [-0.3, -0.25) is 14.6 Å². The molecule has 58 valence electrons. The first-order chi connectivity index (χ1) is 5.15. The van der Waals surface area contributed by atoms with Crippen LogP contribution in [0.5, 0.6) is 0 Å². The Morgan fingerprint density at radius 3 is 2.64 bits per heavy atom. The fourth-order valence-electron chi connectivity index (χ4n) is 0.570. The number of hydrogen-bond donors (Lipinski definition) is 2. The Kier molecular flexibility index (Phi) is 1.95. The standard InChI is InChI=1S/C5H3FN2O2S/c6-3-2(1-9)7-5(11)8-4(3)10/h1H,(H2,7,8,10,11). The number of carbonyl (C=O) groups is 1. The van der Waals surface area contributed by atoms with Gasteiger partial charge < -0.3 is 4.98 Å². The molecule has 0 aliphatic heterocycles. The molecule has 0 bridgehead atoms. The third kappa shape index (κ3) is 1.40. The van der Waals surface area contributed by atoms with Crippen molar-refractivity contribution in [1.29, 1.82) is 0 Å². The Labute approximate surface area is 65.1 Å². The fourth-order valence-corrected chi connectivity index (χ4v) is 0.773. The predicted molar refractivity (Wildman–Crippen MR) is 37.6 cm³/mol. The van der Waals surface area contributed by atoms with Crippen LogP contribution in [0.3, 0.4) is 0 Å². The molecule has 1 aromatic rings. The molecule has 0 radical (unpaired) electrons. The molecule has 1 rings (SSSR count). The summed E-state index contributed by atoms with van der Waals surface area (Å²) in [5.41, 5.74) is -1.42. The number of hydrogen-bond acceptors (Lipinski definition) is 3. The maximum atomic E-state index is 12.5. The van der Waals surface area contributed by atoms with E-state index in [9.17, 15) is 14.0 Å². The largest absolute Gasteiger partial charge is 0.327 e. The van der Waals surface area contributed by atoms with Crippen molar-refractivity contribution >= 4 is 18.5 Å². The zero-order chi connectivity index (χ0) is 8.43. The van der Waals surface area contributed by atoms with Crippen LogP contribution < -0.4 is 5.56 Å². The second-order valence-electron chi connectivity index (χ2n) is 1.75. The van der Waals surface area contributed by atoms with Crippen LogP contribution in [0.15, 0.2) is 4.79 Å². The third-order valence-corrected chi connectivity index (χ3v) is 1.23. The number of halogens is 1. The highest BCUT2D eigenvalue weighted by atomic mass is 32.1. The van der Waals surface area contributed by atoms with E-state index < -0.39 is 17.1 Å². The van der Waals surface area contributed by atoms with Gasteiger partial charge in [-0.2, -0.15) is 4.39 Å². The van der Waals surface area contributed by atoms with Crippen LogP contribution in [0.4, 0.5) is 4.39 Å². The van der Waals surface area contributed by atoms with Crippen LogP contribution >= 0.6 is 12.2 Å². The first kappa shape index (κ1) is 7.80. The van der Waals surface area contributed by atoms with Crippen molar-refractivity contribution in [2.45, 2.75) is 0 Å². The van der Waals surface area contributed by atoms with Gasteiger partial charge >= 0.3 is 0 Å². The van der Waals surface area contributed by atoms with E-state index in [1.165, 1.54) is 0 Å². The van der Waals surface area contributed by atoms with Crippen LogP contribution in [0.1, 0.15) is 10.5 Å². The lowest BCUT2D eigenvalue weighted by Gasteiger charge is -1.91. The molecule has 1 heterocycles. The molecule has 0 aliphatic carbocycles. The van der Waals surface area contributed by atoms with E-state index >= 15 is 0 Å². The molecule has 0 amide bonds. The zero-order valence-corrected chi connectivity index (χ0v) is 6.00. The zero-order valence-electron chi connectivity index (χ0n) is 5.18. The lowest BCUT2D eigenvalue weighted by Crippen LogP contribution is -2.15. The third-order valence-electron chi connectivity index (χ3n) is 1.03. The molecule has 11 heavy (non-hydrogen) atoms. The number of H-pyrrole nitrogens is 2. The highest BCUT2D eigenvalue weighted by molar-refractivity contribution is 7.71. The summed E-state index contributed by atoms with van der Waals surface area (Å²) in [7, 11) is 0. The lowest BCUT2D eigenvalue weighted by atomic mass is 10.4. The molecule has 0 atom stereocenters. The maximum Gasteiger partial charge on any atom is 0.288 e. The van der Waals surface area contributed by atoms with Crippen molar-refractivity contribution in [3.05, 3.63) is 26.6 Å². The van der Waals surface area contributed by atoms with Crippen molar-refractivity contribution in [2.75, 3.05) is 0 Å². The average molecular weight is 174 g/mol. The molecule has 0 aromatic carbocycles. The molecule has 4 nitrogen and oxygen atoms in total. The van der Waals surface area contributed by atoms with Gasteiger partial charge in [0.1, 0.15) is 5.69 Å². The van der Waals surface area contributed by atoms with Gasteiger partial charge in [-0.05, 0) is 12.2 Å². The number of aromatic amines is 2. The minimum atomic E-state index is -1.14. The first-order valence-corrected chi connectivity index (χ1v) is 3.03. The quantitative estimate of drug-likeness (QED) is 0.478. The molecule has 0 unspecified atom stereocenters. The van der Waals surface area contributed by atoms with Gasteiger partial charge in [0, 0.05) is 0 Å². The van der Waals surface area contributed by atoms with Crippen LogP contribution in [0.25, 0.3) is 0 Å². The minimum absolute atomic E-state index is 0.0708. The van der Waals surface area contributed by atoms with Crippen molar-refractivity contribution < 1.29 is 9.18 Å². The SMILES string of the molecule is O=Cc1[nH]c(=S)[nH]c(=O)c1F. The van der Waals surface area contributed by atoms with Crippen molar-refractivity contribution in [3.8, 4) is 0 Å². The Balaban J connectivity index is 3.61. The molecule has 2 N–H and O–H groups in total. The summed E-state index contributed by atoms with van der Waals surface area (Å²) in [5, 5.41) is 0. The number of carbonyl (C=O) groups excluding carboxylic acids is 1. The predicted octanol–water partition coefficient (Wildman–Crippen LogP) is 0.384. The van der Waals surface area contributed by atoms with Crippen molar-refractivity contribution in [1.82, 2.24) is 9.97 Å². The minimum Gasteiger partial charge on any atom is -0.327 e. The van der Waals surface area contributed by atoms with Crippen LogP contribution in [-0.2, 0) is 0 Å². The van der Waals surface area contributed by atoms with E-state index in [2.05, 4.69) is 17.2 Å². The van der Waals surface area contributed by atoms with Crippen LogP contribution in [0.2, 0.25) is 0 Å².